The van der Waals surface area contributed by atoms with Gasteiger partial charge in [-0.3, -0.25) is 4.68 Å². The molecule has 0 bridgehead atoms. The molecular formula is C24H31N4O3S+. The average Bonchev–Trinajstić information content (AvgIpc) is 3.17. The molecule has 0 aliphatic carbocycles. The van der Waals surface area contributed by atoms with Crippen LogP contribution in [-0.4, -0.2) is 62.9 Å². The second-order valence-corrected chi connectivity index (χ2v) is 11.4. The van der Waals surface area contributed by atoms with Gasteiger partial charge in [0.1, 0.15) is 5.60 Å². The monoisotopic (exact) mass is 455 g/mol. The van der Waals surface area contributed by atoms with Crippen molar-refractivity contribution in [2.75, 3.05) is 34.7 Å². The quantitative estimate of drug-likeness (QED) is 0.579. The van der Waals surface area contributed by atoms with Gasteiger partial charge in [0.15, 0.2) is 5.69 Å². The molecule has 1 aliphatic heterocycles. The molecule has 32 heavy (non-hydrogen) atoms. The summed E-state index contributed by atoms with van der Waals surface area (Å²) in [5.41, 5.74) is 1.07. The third-order valence-corrected chi connectivity index (χ3v) is 8.47. The number of hydrogen-bond donors (Lipinski definition) is 1. The predicted octanol–water partition coefficient (Wildman–Crippen LogP) is 2.78. The Morgan fingerprint density at radius 3 is 2.38 bits per heavy atom. The summed E-state index contributed by atoms with van der Waals surface area (Å²) in [6.07, 6.45) is 2.80. The van der Waals surface area contributed by atoms with E-state index in [1.807, 2.05) is 62.6 Å². The van der Waals surface area contributed by atoms with E-state index in [4.69, 9.17) is 0 Å². The van der Waals surface area contributed by atoms with Crippen molar-refractivity contribution in [1.29, 1.82) is 0 Å². The summed E-state index contributed by atoms with van der Waals surface area (Å²) in [4.78, 5) is 2.06. The van der Waals surface area contributed by atoms with Crippen LogP contribution in [0.15, 0.2) is 65.8 Å². The lowest BCUT2D eigenvalue weighted by Crippen LogP contribution is -2.46. The number of aliphatic hydroxyl groups is 1. The van der Waals surface area contributed by atoms with Crippen LogP contribution in [0.25, 0.3) is 0 Å². The highest BCUT2D eigenvalue weighted by Crippen LogP contribution is 2.48. The van der Waals surface area contributed by atoms with Gasteiger partial charge in [-0.05, 0) is 45.1 Å². The fraction of sp³-hybridized carbons (Fsp3) is 0.375. The van der Waals surface area contributed by atoms with Crippen molar-refractivity contribution < 1.29 is 13.5 Å². The lowest BCUT2D eigenvalue weighted by Gasteiger charge is -2.31. The van der Waals surface area contributed by atoms with Crippen molar-refractivity contribution in [3.63, 3.8) is 0 Å². The van der Waals surface area contributed by atoms with Gasteiger partial charge < -0.3 is 10.0 Å². The van der Waals surface area contributed by atoms with E-state index in [0.29, 0.717) is 36.2 Å². The van der Waals surface area contributed by atoms with Gasteiger partial charge in [-0.2, -0.15) is 17.4 Å². The Labute approximate surface area is 190 Å². The van der Waals surface area contributed by atoms with Crippen LogP contribution in [0.3, 0.4) is 0 Å². The molecule has 0 spiro atoms. The highest BCUT2D eigenvalue weighted by atomic mass is 32.2. The van der Waals surface area contributed by atoms with Gasteiger partial charge in [0, 0.05) is 12.3 Å². The summed E-state index contributed by atoms with van der Waals surface area (Å²) < 4.78 is 28.9. The van der Waals surface area contributed by atoms with Crippen molar-refractivity contribution in [2.24, 2.45) is 0 Å². The first kappa shape index (κ1) is 22.7. The van der Waals surface area contributed by atoms with Crippen LogP contribution in [-0.2, 0) is 22.2 Å². The van der Waals surface area contributed by atoms with Crippen LogP contribution in [0.4, 0.5) is 5.69 Å². The van der Waals surface area contributed by atoms with Gasteiger partial charge in [0.05, 0.1) is 31.8 Å². The van der Waals surface area contributed by atoms with Gasteiger partial charge in [0.2, 0.25) is 5.03 Å². The molecule has 0 radical (unpaired) electrons. The van der Waals surface area contributed by atoms with Crippen LogP contribution >= 0.6 is 0 Å². The first-order valence-electron chi connectivity index (χ1n) is 10.8. The molecule has 0 saturated heterocycles. The summed E-state index contributed by atoms with van der Waals surface area (Å²) in [6, 6.07) is 17.0. The van der Waals surface area contributed by atoms with Crippen LogP contribution in [0.5, 0.6) is 0 Å². The van der Waals surface area contributed by atoms with Gasteiger partial charge in [-0.15, -0.1) is 0 Å². The normalized spacial score (nSPS) is 21.1. The second kappa shape index (κ2) is 8.12. The topological polar surface area (TPSA) is 75.4 Å². The van der Waals surface area contributed by atoms with Gasteiger partial charge in [-0.1, -0.05) is 42.5 Å². The Balaban J connectivity index is 1.92. The predicted molar refractivity (Wildman–Crippen MR) is 126 cm³/mol. The van der Waals surface area contributed by atoms with Crippen LogP contribution in [0, 0.1) is 0 Å². The number of para-hydroxylation sites is 1. The van der Waals surface area contributed by atoms with Crippen LogP contribution in [0.2, 0.25) is 0 Å². The fourth-order valence-electron chi connectivity index (χ4n) is 4.43. The lowest BCUT2D eigenvalue weighted by molar-refractivity contribution is 0.0641. The van der Waals surface area contributed by atoms with E-state index in [1.165, 1.54) is 0 Å². The Morgan fingerprint density at radius 2 is 1.69 bits per heavy atom. The molecule has 1 aliphatic rings. The largest absolute Gasteiger partial charge is 0.380 e. The number of quaternary nitrogens is 1. The molecule has 0 saturated carbocycles. The van der Waals surface area contributed by atoms with Crippen molar-refractivity contribution in [1.82, 2.24) is 18.6 Å². The number of sulfonamides is 1. The van der Waals surface area contributed by atoms with E-state index in [-0.39, 0.29) is 5.03 Å². The molecule has 1 atom stereocenters. The maximum atomic E-state index is 13.8. The zero-order valence-electron chi connectivity index (χ0n) is 19.1. The van der Waals surface area contributed by atoms with E-state index in [2.05, 4.69) is 10.00 Å². The van der Waals surface area contributed by atoms with E-state index < -0.39 is 19.5 Å². The first-order valence-corrected chi connectivity index (χ1v) is 12.2. The SMILES string of the molecule is CN(C)CCCC1(O)c2ccccc2[N+](C)(C)S(=O)(=O)c2nn(Cc3ccccc3)cc21. The van der Waals surface area contributed by atoms with E-state index in [0.717, 1.165) is 12.1 Å². The molecule has 8 heteroatoms. The molecule has 1 unspecified atom stereocenters. The molecule has 7 nitrogen and oxygen atoms in total. The second-order valence-electron chi connectivity index (χ2n) is 9.14. The van der Waals surface area contributed by atoms with E-state index in [9.17, 15) is 13.5 Å². The maximum Gasteiger partial charge on any atom is 0.351 e. The third kappa shape index (κ3) is 3.67. The highest BCUT2D eigenvalue weighted by molar-refractivity contribution is 7.90. The Bertz CT molecular complexity index is 1220. The Morgan fingerprint density at radius 1 is 1.03 bits per heavy atom. The van der Waals surface area contributed by atoms with E-state index in [1.54, 1.807) is 31.0 Å². The molecule has 2 aromatic carbocycles. The number of rotatable bonds is 6. The zero-order chi connectivity index (χ0) is 23.1. The minimum absolute atomic E-state index is 0.0537. The summed E-state index contributed by atoms with van der Waals surface area (Å²) in [6.45, 7) is 1.20. The minimum Gasteiger partial charge on any atom is -0.380 e. The maximum absolute atomic E-state index is 13.8. The molecule has 2 heterocycles. The van der Waals surface area contributed by atoms with Crippen molar-refractivity contribution in [2.45, 2.75) is 30.0 Å². The van der Waals surface area contributed by atoms with Crippen LogP contribution in [0.1, 0.15) is 29.5 Å². The summed E-state index contributed by atoms with van der Waals surface area (Å²) in [7, 11) is 3.33. The molecule has 3 aromatic rings. The van der Waals surface area contributed by atoms with Crippen molar-refractivity contribution in [3.8, 4) is 0 Å². The van der Waals surface area contributed by atoms with Crippen molar-refractivity contribution >= 4 is 15.7 Å². The number of benzene rings is 2. The number of fused-ring (bicyclic) bond motifs is 2. The smallest absolute Gasteiger partial charge is 0.351 e. The Hall–Kier alpha value is -2.52. The van der Waals surface area contributed by atoms with Crippen LogP contribution < -0.4 is 3.89 Å². The third-order valence-electron chi connectivity index (χ3n) is 6.28. The van der Waals surface area contributed by atoms with Gasteiger partial charge in [0.25, 0.3) is 0 Å². The van der Waals surface area contributed by atoms with E-state index >= 15 is 0 Å². The molecule has 0 amide bonds. The average molecular weight is 456 g/mol. The van der Waals surface area contributed by atoms with Gasteiger partial charge in [-0.25, -0.2) is 0 Å². The molecular weight excluding hydrogens is 424 g/mol. The first-order chi connectivity index (χ1) is 15.1. The molecule has 170 valence electrons. The standard InChI is InChI=1S/C24H31N4O3S/c1-26(2)16-10-15-24(29)20-13-8-9-14-22(20)28(3,4)32(30,31)23-21(24)18-27(25-23)17-19-11-6-5-7-12-19/h5-9,11-14,18,29H,10,15-17H2,1-4H3/q+1. The zero-order valence-corrected chi connectivity index (χ0v) is 19.9. The molecule has 1 N–H and O–H groups in total. The Kier molecular flexibility index (Phi) is 5.75. The number of nitrogens with zero attached hydrogens (tertiary/aromatic N) is 4. The highest BCUT2D eigenvalue weighted by Gasteiger charge is 2.53. The van der Waals surface area contributed by atoms with Gasteiger partial charge >= 0.3 is 10.0 Å². The molecule has 4 rings (SSSR count). The molecule has 0 fully saturated rings. The number of hydrogen-bond acceptors (Lipinski definition) is 5. The summed E-state index contributed by atoms with van der Waals surface area (Å²) in [5.74, 6) is 0. The molecule has 1 aromatic heterocycles. The summed E-state index contributed by atoms with van der Waals surface area (Å²) >= 11 is 0. The minimum atomic E-state index is -3.92. The number of aromatic nitrogens is 2. The lowest BCUT2D eigenvalue weighted by atomic mass is 9.83. The summed E-state index contributed by atoms with van der Waals surface area (Å²) in [5, 5.41) is 16.6. The van der Waals surface area contributed by atoms with Crippen molar-refractivity contribution in [3.05, 3.63) is 77.5 Å². The fourth-order valence-corrected chi connectivity index (χ4v) is 5.99.